The number of nitrogens with one attached hydrogen (secondary N) is 1. The van der Waals surface area contributed by atoms with Gasteiger partial charge in [0.2, 0.25) is 10.0 Å². The van der Waals surface area contributed by atoms with E-state index in [0.29, 0.717) is 18.0 Å². The van der Waals surface area contributed by atoms with Gasteiger partial charge in [0.1, 0.15) is 5.75 Å². The summed E-state index contributed by atoms with van der Waals surface area (Å²) in [7, 11) is -5.50. The zero-order valence-electron chi connectivity index (χ0n) is 13.6. The molecule has 21 heavy (non-hydrogen) atoms. The van der Waals surface area contributed by atoms with E-state index in [1.165, 1.54) is 12.1 Å². The van der Waals surface area contributed by atoms with E-state index in [1.807, 2.05) is 0 Å². The zero-order valence-corrected chi connectivity index (χ0v) is 15.5. The molecular weight excluding hydrogens is 304 g/mol. The van der Waals surface area contributed by atoms with Crippen molar-refractivity contribution in [2.45, 2.75) is 50.7 Å². The first-order valence-electron chi connectivity index (χ1n) is 6.99. The van der Waals surface area contributed by atoms with E-state index in [4.69, 9.17) is 10.2 Å². The molecule has 0 aromatic heterocycles. The maximum Gasteiger partial charge on any atom is 0.250 e. The summed E-state index contributed by atoms with van der Waals surface area (Å²) in [6.07, 6.45) is 0. The van der Waals surface area contributed by atoms with Gasteiger partial charge in [0.25, 0.3) is 8.32 Å². The Morgan fingerprint density at radius 1 is 1.29 bits per heavy atom. The second-order valence-corrected chi connectivity index (χ2v) is 13.1. The van der Waals surface area contributed by atoms with Crippen LogP contribution in [0, 0.1) is 0 Å². The number of nitrogens with two attached hydrogens (primary N) is 1. The van der Waals surface area contributed by atoms with Gasteiger partial charge in [0.15, 0.2) is 0 Å². The van der Waals surface area contributed by atoms with Gasteiger partial charge in [0, 0.05) is 6.54 Å². The van der Waals surface area contributed by atoms with E-state index in [-0.39, 0.29) is 9.93 Å². The fraction of sp³-hybridized carbons (Fsp3) is 0.571. The smallest absolute Gasteiger partial charge is 0.250 e. The summed E-state index contributed by atoms with van der Waals surface area (Å²) < 4.78 is 32.4. The third kappa shape index (κ3) is 4.21. The molecule has 1 rings (SSSR count). The number of sulfonamides is 1. The van der Waals surface area contributed by atoms with Crippen molar-refractivity contribution in [1.82, 2.24) is 4.72 Å². The second-order valence-electron chi connectivity index (χ2n) is 6.56. The van der Waals surface area contributed by atoms with Gasteiger partial charge in [-0.25, -0.2) is 13.1 Å². The van der Waals surface area contributed by atoms with Crippen molar-refractivity contribution in [3.8, 4) is 5.75 Å². The summed E-state index contributed by atoms with van der Waals surface area (Å²) >= 11 is 0. The quantitative estimate of drug-likeness (QED) is 0.642. The predicted molar refractivity (Wildman–Crippen MR) is 89.5 cm³/mol. The molecule has 3 N–H and O–H groups in total. The molecule has 120 valence electrons. The van der Waals surface area contributed by atoms with Gasteiger partial charge in [-0.3, -0.25) is 0 Å². The molecule has 0 fully saturated rings. The monoisotopic (exact) mass is 330 g/mol. The normalized spacial score (nSPS) is 13.2. The van der Waals surface area contributed by atoms with Crippen LogP contribution in [0.5, 0.6) is 5.75 Å². The molecule has 0 radical (unpaired) electrons. The van der Waals surface area contributed by atoms with E-state index in [1.54, 1.807) is 13.0 Å². The molecule has 0 spiro atoms. The summed E-state index contributed by atoms with van der Waals surface area (Å²) in [5.41, 5.74) is 6.32. The maximum atomic E-state index is 11.9. The largest absolute Gasteiger partial charge is 0.542 e. The van der Waals surface area contributed by atoms with E-state index < -0.39 is 18.3 Å². The molecule has 0 saturated heterocycles. The molecule has 0 aliphatic heterocycles. The van der Waals surface area contributed by atoms with Crippen molar-refractivity contribution < 1.29 is 12.8 Å². The van der Waals surface area contributed by atoms with Crippen LogP contribution in [0.2, 0.25) is 18.1 Å². The molecular formula is C14H26N2O3SSi. The SMILES string of the molecule is CCNS(=O)(=O)c1ccc(O[Si](C)(C)C(C)(C)C)c(N)c1. The second kappa shape index (κ2) is 5.98. The lowest BCUT2D eigenvalue weighted by Crippen LogP contribution is -2.44. The van der Waals surface area contributed by atoms with Crippen molar-refractivity contribution >= 4 is 24.0 Å². The molecule has 0 saturated carbocycles. The fourth-order valence-corrected chi connectivity index (χ4v) is 3.61. The number of nitrogen functional groups attached to an aromatic ring is 1. The first-order valence-corrected chi connectivity index (χ1v) is 11.4. The minimum Gasteiger partial charge on any atom is -0.542 e. The van der Waals surface area contributed by atoms with Crippen molar-refractivity contribution in [2.75, 3.05) is 12.3 Å². The molecule has 0 unspecified atom stereocenters. The number of benzene rings is 1. The zero-order chi connectivity index (χ0) is 16.5. The molecule has 0 aliphatic carbocycles. The van der Waals surface area contributed by atoms with Crippen LogP contribution in [-0.2, 0) is 10.0 Å². The highest BCUT2D eigenvalue weighted by molar-refractivity contribution is 7.89. The van der Waals surface area contributed by atoms with Gasteiger partial charge in [-0.15, -0.1) is 0 Å². The molecule has 7 heteroatoms. The Balaban J connectivity index is 3.11. The molecule has 1 aromatic rings. The average molecular weight is 331 g/mol. The molecule has 5 nitrogen and oxygen atoms in total. The summed E-state index contributed by atoms with van der Waals surface area (Å²) in [6.45, 7) is 12.7. The number of rotatable bonds is 5. The Morgan fingerprint density at radius 3 is 2.29 bits per heavy atom. The van der Waals surface area contributed by atoms with Gasteiger partial charge in [-0.05, 0) is 36.3 Å². The fourth-order valence-electron chi connectivity index (χ4n) is 1.49. The molecule has 1 aromatic carbocycles. The lowest BCUT2D eigenvalue weighted by atomic mass is 10.2. The Bertz CT molecular complexity index is 607. The van der Waals surface area contributed by atoms with E-state index in [0.717, 1.165) is 0 Å². The predicted octanol–water partition coefficient (Wildman–Crippen LogP) is 2.95. The van der Waals surface area contributed by atoms with Gasteiger partial charge in [-0.1, -0.05) is 27.7 Å². The molecule has 0 bridgehead atoms. The molecule has 0 aliphatic rings. The van der Waals surface area contributed by atoms with Crippen molar-refractivity contribution in [3.63, 3.8) is 0 Å². The third-order valence-electron chi connectivity index (χ3n) is 3.80. The van der Waals surface area contributed by atoms with Crippen LogP contribution in [0.4, 0.5) is 5.69 Å². The van der Waals surface area contributed by atoms with Crippen LogP contribution >= 0.6 is 0 Å². The number of anilines is 1. The van der Waals surface area contributed by atoms with Crippen molar-refractivity contribution in [1.29, 1.82) is 0 Å². The van der Waals surface area contributed by atoms with E-state index in [2.05, 4.69) is 38.6 Å². The Hall–Kier alpha value is -1.05. The first-order chi connectivity index (χ1) is 9.40. The van der Waals surface area contributed by atoms with Crippen molar-refractivity contribution in [3.05, 3.63) is 18.2 Å². The standard InChI is InChI=1S/C14H26N2O3SSi/c1-7-16-20(17,18)11-8-9-13(12(15)10-11)19-21(5,6)14(2,3)4/h8-10,16H,7,15H2,1-6H3. The maximum absolute atomic E-state index is 11.9. The van der Waals surface area contributed by atoms with Gasteiger partial charge in [-0.2, -0.15) is 0 Å². The number of hydrogen-bond acceptors (Lipinski definition) is 4. The summed E-state index contributed by atoms with van der Waals surface area (Å²) in [5, 5.41) is 0.0496. The minimum absolute atomic E-state index is 0.0496. The summed E-state index contributed by atoms with van der Waals surface area (Å²) in [5.74, 6) is 0.553. The van der Waals surface area contributed by atoms with Crippen molar-refractivity contribution in [2.24, 2.45) is 0 Å². The third-order valence-corrected chi connectivity index (χ3v) is 9.68. The Labute approximate surface area is 129 Å². The van der Waals surface area contributed by atoms with Crippen LogP contribution in [0.1, 0.15) is 27.7 Å². The van der Waals surface area contributed by atoms with E-state index in [9.17, 15) is 8.42 Å². The van der Waals surface area contributed by atoms with Gasteiger partial charge < -0.3 is 10.2 Å². The van der Waals surface area contributed by atoms with Crippen LogP contribution in [-0.4, -0.2) is 23.3 Å². The molecule has 0 atom stereocenters. The Kier molecular flexibility index (Phi) is 5.12. The van der Waals surface area contributed by atoms with Crippen LogP contribution in [0.15, 0.2) is 23.1 Å². The highest BCUT2D eigenvalue weighted by Gasteiger charge is 2.39. The average Bonchev–Trinajstić information content (AvgIpc) is 2.29. The molecule has 0 amide bonds. The Morgan fingerprint density at radius 2 is 1.86 bits per heavy atom. The lowest BCUT2D eigenvalue weighted by Gasteiger charge is -2.36. The van der Waals surface area contributed by atoms with Crippen LogP contribution in [0.3, 0.4) is 0 Å². The first kappa shape index (κ1) is 18.0. The highest BCUT2D eigenvalue weighted by Crippen LogP contribution is 2.39. The van der Waals surface area contributed by atoms with Gasteiger partial charge >= 0.3 is 0 Å². The summed E-state index contributed by atoms with van der Waals surface area (Å²) in [6, 6.07) is 4.61. The number of hydrogen-bond donors (Lipinski definition) is 2. The van der Waals surface area contributed by atoms with Gasteiger partial charge in [0.05, 0.1) is 10.6 Å². The van der Waals surface area contributed by atoms with Crippen LogP contribution in [0.25, 0.3) is 0 Å². The topological polar surface area (TPSA) is 81.4 Å². The van der Waals surface area contributed by atoms with Crippen LogP contribution < -0.4 is 14.9 Å². The highest BCUT2D eigenvalue weighted by atomic mass is 32.2. The summed E-state index contributed by atoms with van der Waals surface area (Å²) in [4.78, 5) is 0.157. The van der Waals surface area contributed by atoms with E-state index >= 15 is 0 Å². The lowest BCUT2D eigenvalue weighted by molar-refractivity contribution is 0.493. The molecule has 0 heterocycles. The minimum atomic E-state index is -3.50.